The molecule has 0 rings (SSSR count). The summed E-state index contributed by atoms with van der Waals surface area (Å²) in [6.07, 6.45) is 2.04. The van der Waals surface area contributed by atoms with Crippen LogP contribution >= 0.6 is 5.69 Å². The molecular formula is C8H18KO2PS2. The SMILES string of the molecule is CCC(C)OP(=S)([S-])OC(C)CC.[K+]. The van der Waals surface area contributed by atoms with E-state index in [1.54, 1.807) is 0 Å². The number of hydrogen-bond donors (Lipinski definition) is 0. The monoisotopic (exact) mass is 280 g/mol. The summed E-state index contributed by atoms with van der Waals surface area (Å²) in [5, 5.41) is 0. The first-order chi connectivity index (χ1) is 5.91. The van der Waals surface area contributed by atoms with E-state index in [0.29, 0.717) is 0 Å². The van der Waals surface area contributed by atoms with Gasteiger partial charge in [-0.25, -0.2) is 0 Å². The predicted octanol–water partition coefficient (Wildman–Crippen LogP) is 0.392. The molecule has 0 heterocycles. The van der Waals surface area contributed by atoms with Crippen LogP contribution in [0.1, 0.15) is 40.5 Å². The second-order valence-electron chi connectivity index (χ2n) is 3.10. The fourth-order valence-electron chi connectivity index (χ4n) is 0.615. The maximum Gasteiger partial charge on any atom is 1.00 e. The van der Waals surface area contributed by atoms with E-state index in [2.05, 4.69) is 0 Å². The molecule has 0 amide bonds. The molecule has 0 aliphatic carbocycles. The Morgan fingerprint density at radius 2 is 1.43 bits per heavy atom. The van der Waals surface area contributed by atoms with Crippen molar-refractivity contribution >= 4 is 29.7 Å². The van der Waals surface area contributed by atoms with Crippen molar-refractivity contribution in [1.29, 1.82) is 0 Å². The van der Waals surface area contributed by atoms with Crippen LogP contribution in [0, 0.1) is 0 Å². The molecule has 0 aliphatic rings. The standard InChI is InChI=1S/C8H19O2PS2.K/c1-5-7(3)9-11(12,13)10-8(4)6-2;/h7-8H,5-6H2,1-4H3,(H,12,13);/q;+1/p-1. The van der Waals surface area contributed by atoms with Crippen molar-refractivity contribution in [1.82, 2.24) is 0 Å². The Kier molecular flexibility index (Phi) is 12.9. The Labute approximate surface area is 141 Å². The Morgan fingerprint density at radius 1 is 1.14 bits per heavy atom. The molecule has 0 aromatic carbocycles. The van der Waals surface area contributed by atoms with Crippen LogP contribution in [0.3, 0.4) is 0 Å². The molecule has 0 saturated carbocycles. The predicted molar refractivity (Wildman–Crippen MR) is 63.3 cm³/mol. The molecule has 0 bridgehead atoms. The molecule has 6 heteroatoms. The van der Waals surface area contributed by atoms with Crippen molar-refractivity contribution in [2.24, 2.45) is 0 Å². The van der Waals surface area contributed by atoms with E-state index in [9.17, 15) is 0 Å². The smallest absolute Gasteiger partial charge is 0.691 e. The summed E-state index contributed by atoms with van der Waals surface area (Å²) in [5.41, 5.74) is -2.42. The van der Waals surface area contributed by atoms with Gasteiger partial charge in [0.2, 0.25) is 0 Å². The third-order valence-electron chi connectivity index (χ3n) is 1.77. The van der Waals surface area contributed by atoms with Crippen LogP contribution in [0.15, 0.2) is 0 Å². The summed E-state index contributed by atoms with van der Waals surface area (Å²) in [4.78, 5) is 0. The zero-order valence-corrected chi connectivity index (χ0v) is 15.3. The van der Waals surface area contributed by atoms with Gasteiger partial charge in [-0.1, -0.05) is 25.7 Å². The van der Waals surface area contributed by atoms with Crippen LogP contribution in [0.5, 0.6) is 0 Å². The van der Waals surface area contributed by atoms with Gasteiger partial charge in [-0.05, 0) is 26.7 Å². The molecule has 2 unspecified atom stereocenters. The first-order valence-corrected chi connectivity index (χ1v) is 8.24. The number of rotatable bonds is 6. The molecule has 80 valence electrons. The van der Waals surface area contributed by atoms with E-state index in [4.69, 9.17) is 33.1 Å². The van der Waals surface area contributed by atoms with Gasteiger partial charge < -0.3 is 21.3 Å². The zero-order chi connectivity index (χ0) is 10.5. The summed E-state index contributed by atoms with van der Waals surface area (Å²) in [5.74, 6) is 0. The quantitative estimate of drug-likeness (QED) is 0.398. The van der Waals surface area contributed by atoms with Crippen molar-refractivity contribution in [3.05, 3.63) is 0 Å². The van der Waals surface area contributed by atoms with Crippen molar-refractivity contribution in [2.45, 2.75) is 52.7 Å². The fourth-order valence-corrected chi connectivity index (χ4v) is 3.61. The third-order valence-corrected chi connectivity index (χ3v) is 4.04. The van der Waals surface area contributed by atoms with E-state index in [1.807, 2.05) is 27.7 Å². The van der Waals surface area contributed by atoms with Gasteiger partial charge in [0.1, 0.15) is 0 Å². The van der Waals surface area contributed by atoms with E-state index in [-0.39, 0.29) is 63.6 Å². The molecular weight excluding hydrogens is 262 g/mol. The molecule has 2 nitrogen and oxygen atoms in total. The minimum absolute atomic E-state index is 0. The van der Waals surface area contributed by atoms with E-state index in [1.165, 1.54) is 0 Å². The van der Waals surface area contributed by atoms with Gasteiger partial charge in [0, 0.05) is 0 Å². The first kappa shape index (κ1) is 18.9. The van der Waals surface area contributed by atoms with Crippen LogP contribution in [0.4, 0.5) is 0 Å². The average molecular weight is 280 g/mol. The van der Waals surface area contributed by atoms with Gasteiger partial charge in [-0.3, -0.25) is 0 Å². The van der Waals surface area contributed by atoms with Crippen molar-refractivity contribution in [3.63, 3.8) is 0 Å². The van der Waals surface area contributed by atoms with Gasteiger partial charge in [0.05, 0.1) is 17.9 Å². The molecule has 0 aromatic heterocycles. The van der Waals surface area contributed by atoms with Gasteiger partial charge in [0.15, 0.2) is 0 Å². The number of hydrogen-bond acceptors (Lipinski definition) is 4. The molecule has 0 fully saturated rings. The minimum atomic E-state index is -2.42. The van der Waals surface area contributed by atoms with Crippen LogP contribution in [0.2, 0.25) is 0 Å². The zero-order valence-electron chi connectivity index (χ0n) is 9.65. The van der Waals surface area contributed by atoms with Crippen LogP contribution in [0.25, 0.3) is 0 Å². The Balaban J connectivity index is 0. The summed E-state index contributed by atoms with van der Waals surface area (Å²) < 4.78 is 11.0. The summed E-state index contributed by atoms with van der Waals surface area (Å²) in [6.45, 7) is 8.01. The Bertz CT molecular complexity index is 176. The summed E-state index contributed by atoms with van der Waals surface area (Å²) in [6, 6.07) is 0. The largest absolute Gasteiger partial charge is 1.00 e. The Morgan fingerprint density at radius 3 is 1.64 bits per heavy atom. The topological polar surface area (TPSA) is 18.5 Å². The van der Waals surface area contributed by atoms with Gasteiger partial charge in [-0.15, -0.1) is 0 Å². The average Bonchev–Trinajstić information content (AvgIpc) is 2.02. The third kappa shape index (κ3) is 9.76. The fraction of sp³-hybridized carbons (Fsp3) is 1.00. The summed E-state index contributed by atoms with van der Waals surface area (Å²) in [7, 11) is 0. The molecule has 0 aromatic rings. The van der Waals surface area contributed by atoms with Crippen molar-refractivity contribution in [3.8, 4) is 0 Å². The van der Waals surface area contributed by atoms with E-state index in [0.717, 1.165) is 12.8 Å². The normalized spacial score (nSPS) is 19.2. The summed E-state index contributed by atoms with van der Waals surface area (Å²) >= 11 is 10.2. The van der Waals surface area contributed by atoms with Gasteiger partial charge in [-0.2, -0.15) is 0 Å². The van der Waals surface area contributed by atoms with Crippen molar-refractivity contribution < 1.29 is 60.4 Å². The minimum Gasteiger partial charge on any atom is -0.691 e. The molecule has 0 saturated heterocycles. The maximum absolute atomic E-state index is 5.48. The van der Waals surface area contributed by atoms with Crippen LogP contribution < -0.4 is 51.4 Å². The molecule has 0 spiro atoms. The molecule has 0 aliphatic heterocycles. The second-order valence-corrected chi connectivity index (χ2v) is 7.99. The first-order valence-electron chi connectivity index (χ1n) is 4.59. The molecule has 0 N–H and O–H groups in total. The van der Waals surface area contributed by atoms with Crippen LogP contribution in [-0.4, -0.2) is 12.2 Å². The molecule has 14 heavy (non-hydrogen) atoms. The maximum atomic E-state index is 5.48. The van der Waals surface area contributed by atoms with Gasteiger partial charge in [0.25, 0.3) is 0 Å². The van der Waals surface area contributed by atoms with Crippen LogP contribution in [-0.2, 0) is 33.1 Å². The van der Waals surface area contributed by atoms with Crippen molar-refractivity contribution in [2.75, 3.05) is 0 Å². The van der Waals surface area contributed by atoms with E-state index < -0.39 is 5.69 Å². The second kappa shape index (κ2) is 9.57. The van der Waals surface area contributed by atoms with Gasteiger partial charge >= 0.3 is 51.4 Å². The van der Waals surface area contributed by atoms with E-state index >= 15 is 0 Å². The molecule has 2 atom stereocenters. The molecule has 0 radical (unpaired) electrons. The Hall–Kier alpha value is 2.56.